The molecule has 0 aromatic heterocycles. The van der Waals surface area contributed by atoms with Crippen molar-refractivity contribution < 1.29 is 13.5 Å². The van der Waals surface area contributed by atoms with E-state index < -0.39 is 5.82 Å². The average molecular weight is 219 g/mol. The first-order chi connectivity index (χ1) is 7.63. The van der Waals surface area contributed by atoms with Gasteiger partial charge >= 0.3 is 0 Å². The Balaban J connectivity index is 2.23. The van der Waals surface area contributed by atoms with Gasteiger partial charge in [-0.2, -0.15) is 0 Å². The van der Waals surface area contributed by atoms with Crippen molar-refractivity contribution in [2.45, 2.75) is 0 Å². The van der Waals surface area contributed by atoms with Gasteiger partial charge in [0.15, 0.2) is 0 Å². The summed E-state index contributed by atoms with van der Waals surface area (Å²) < 4.78 is 31.0. The number of rotatable bonds is 2. The molecule has 0 heterocycles. The van der Waals surface area contributed by atoms with Crippen LogP contribution in [0.1, 0.15) is 5.56 Å². The number of ether oxygens (including phenoxy) is 1. The van der Waals surface area contributed by atoms with Crippen LogP contribution in [0.5, 0.6) is 11.5 Å². The number of hydrogen-bond acceptors (Lipinski definition) is 1. The van der Waals surface area contributed by atoms with Crippen molar-refractivity contribution in [3.63, 3.8) is 0 Å². The Kier molecular flexibility index (Phi) is 2.86. The Labute approximate surface area is 92.3 Å². The first-order valence-electron chi connectivity index (χ1n) is 4.69. The summed E-state index contributed by atoms with van der Waals surface area (Å²) in [5.41, 5.74) is 0.525. The van der Waals surface area contributed by atoms with E-state index >= 15 is 0 Å². The van der Waals surface area contributed by atoms with Crippen LogP contribution in [0, 0.1) is 18.6 Å². The van der Waals surface area contributed by atoms with Gasteiger partial charge in [-0.25, -0.2) is 8.78 Å². The van der Waals surface area contributed by atoms with Gasteiger partial charge in [-0.15, -0.1) is 0 Å². The molecule has 0 saturated heterocycles. The van der Waals surface area contributed by atoms with E-state index in [9.17, 15) is 8.78 Å². The minimum absolute atomic E-state index is 0.343. The summed E-state index contributed by atoms with van der Waals surface area (Å²) in [6, 6.07) is 9.66. The van der Waals surface area contributed by atoms with Gasteiger partial charge < -0.3 is 4.74 Å². The zero-order valence-electron chi connectivity index (χ0n) is 8.41. The molecule has 3 heteroatoms. The van der Waals surface area contributed by atoms with Crippen molar-refractivity contribution in [3.05, 3.63) is 66.6 Å². The van der Waals surface area contributed by atoms with E-state index in [1.54, 1.807) is 6.07 Å². The molecular weight excluding hydrogens is 210 g/mol. The van der Waals surface area contributed by atoms with Crippen LogP contribution in [0.15, 0.2) is 42.5 Å². The third-order valence-electron chi connectivity index (χ3n) is 1.98. The largest absolute Gasteiger partial charge is 0.457 e. The van der Waals surface area contributed by atoms with Crippen LogP contribution in [-0.4, -0.2) is 0 Å². The van der Waals surface area contributed by atoms with Crippen molar-refractivity contribution in [3.8, 4) is 11.5 Å². The molecule has 1 radical (unpaired) electrons. The maximum absolute atomic E-state index is 13.0. The Morgan fingerprint density at radius 1 is 0.812 bits per heavy atom. The molecule has 0 unspecified atom stereocenters. The molecule has 0 aliphatic heterocycles. The molecule has 0 aliphatic carbocycles. The van der Waals surface area contributed by atoms with Crippen molar-refractivity contribution in [2.24, 2.45) is 0 Å². The predicted molar refractivity (Wildman–Crippen MR) is 57.3 cm³/mol. The molecule has 0 fully saturated rings. The fraction of sp³-hybridized carbons (Fsp3) is 0. The van der Waals surface area contributed by atoms with Crippen LogP contribution in [0.25, 0.3) is 0 Å². The smallest absolute Gasteiger partial charge is 0.130 e. The summed E-state index contributed by atoms with van der Waals surface area (Å²) in [7, 11) is 0. The third kappa shape index (κ3) is 2.57. The second kappa shape index (κ2) is 4.31. The Morgan fingerprint density at radius 3 is 2.12 bits per heavy atom. The number of benzene rings is 2. The molecule has 0 atom stereocenters. The molecular formula is C13H9F2O. The minimum atomic E-state index is -0.412. The van der Waals surface area contributed by atoms with Gasteiger partial charge in [0, 0.05) is 6.07 Å². The lowest BCUT2D eigenvalue weighted by molar-refractivity contribution is 0.474. The van der Waals surface area contributed by atoms with E-state index in [1.165, 1.54) is 36.4 Å². The summed E-state index contributed by atoms with van der Waals surface area (Å²) in [6.07, 6.45) is 0. The van der Waals surface area contributed by atoms with E-state index in [-0.39, 0.29) is 5.82 Å². The highest BCUT2D eigenvalue weighted by atomic mass is 19.1. The van der Waals surface area contributed by atoms with Gasteiger partial charge in [-0.3, -0.25) is 0 Å². The maximum Gasteiger partial charge on any atom is 0.130 e. The Bertz CT molecular complexity index is 472. The zero-order chi connectivity index (χ0) is 11.5. The van der Waals surface area contributed by atoms with Crippen molar-refractivity contribution >= 4 is 0 Å². The highest BCUT2D eigenvalue weighted by molar-refractivity contribution is 5.35. The lowest BCUT2D eigenvalue weighted by Crippen LogP contribution is -1.87. The normalized spacial score (nSPS) is 10.2. The zero-order valence-corrected chi connectivity index (χ0v) is 8.41. The van der Waals surface area contributed by atoms with Gasteiger partial charge in [0.2, 0.25) is 0 Å². The molecule has 2 rings (SSSR count). The molecule has 1 nitrogen and oxygen atoms in total. The molecule has 0 saturated carbocycles. The van der Waals surface area contributed by atoms with Crippen LogP contribution >= 0.6 is 0 Å². The average Bonchev–Trinajstić information content (AvgIpc) is 2.20. The highest BCUT2D eigenvalue weighted by Gasteiger charge is 2.01. The van der Waals surface area contributed by atoms with E-state index in [1.807, 2.05) is 0 Å². The molecule has 2 aromatic rings. The van der Waals surface area contributed by atoms with E-state index in [4.69, 9.17) is 4.74 Å². The van der Waals surface area contributed by atoms with Crippen LogP contribution < -0.4 is 4.74 Å². The SMILES string of the molecule is [CH2]c1cc(F)cc(Oc2ccc(F)cc2)c1. The van der Waals surface area contributed by atoms with Gasteiger partial charge in [0.25, 0.3) is 0 Å². The molecule has 0 aliphatic rings. The summed E-state index contributed by atoms with van der Waals surface area (Å²) in [5, 5.41) is 0. The third-order valence-corrected chi connectivity index (χ3v) is 1.98. The second-order valence-corrected chi connectivity index (χ2v) is 3.35. The Hall–Kier alpha value is -1.90. The Morgan fingerprint density at radius 2 is 1.50 bits per heavy atom. The van der Waals surface area contributed by atoms with Gasteiger partial charge in [-0.1, -0.05) is 0 Å². The quantitative estimate of drug-likeness (QED) is 0.743. The number of halogens is 2. The topological polar surface area (TPSA) is 9.23 Å². The van der Waals surface area contributed by atoms with Gasteiger partial charge in [-0.05, 0) is 48.9 Å². The second-order valence-electron chi connectivity index (χ2n) is 3.35. The summed E-state index contributed by atoms with van der Waals surface area (Å²) >= 11 is 0. The van der Waals surface area contributed by atoms with Crippen molar-refractivity contribution in [1.29, 1.82) is 0 Å². The summed E-state index contributed by atoms with van der Waals surface area (Å²) in [5.74, 6) is 0.0389. The van der Waals surface area contributed by atoms with Crippen LogP contribution in [0.2, 0.25) is 0 Å². The summed E-state index contributed by atoms with van der Waals surface area (Å²) in [6.45, 7) is 3.62. The van der Waals surface area contributed by atoms with E-state index in [0.29, 0.717) is 17.1 Å². The molecule has 0 spiro atoms. The number of hydrogen-bond donors (Lipinski definition) is 0. The maximum atomic E-state index is 13.0. The molecule has 0 bridgehead atoms. The minimum Gasteiger partial charge on any atom is -0.457 e. The standard InChI is InChI=1S/C13H9F2O/c1-9-6-11(15)8-13(7-9)16-12-4-2-10(14)3-5-12/h2-8H,1H2. The molecule has 81 valence electrons. The van der Waals surface area contributed by atoms with Crippen LogP contribution in [-0.2, 0) is 0 Å². The molecule has 16 heavy (non-hydrogen) atoms. The first kappa shape index (κ1) is 10.6. The van der Waals surface area contributed by atoms with Crippen LogP contribution in [0.3, 0.4) is 0 Å². The monoisotopic (exact) mass is 219 g/mol. The van der Waals surface area contributed by atoms with E-state index in [0.717, 1.165) is 0 Å². The fourth-order valence-corrected chi connectivity index (χ4v) is 1.32. The lowest BCUT2D eigenvalue weighted by atomic mass is 10.2. The first-order valence-corrected chi connectivity index (χ1v) is 4.69. The van der Waals surface area contributed by atoms with Gasteiger partial charge in [0.05, 0.1) is 0 Å². The van der Waals surface area contributed by atoms with Gasteiger partial charge in [0.1, 0.15) is 23.1 Å². The van der Waals surface area contributed by atoms with Crippen molar-refractivity contribution in [1.82, 2.24) is 0 Å². The predicted octanol–water partition coefficient (Wildman–Crippen LogP) is 3.94. The fourth-order valence-electron chi connectivity index (χ4n) is 1.32. The van der Waals surface area contributed by atoms with Crippen molar-refractivity contribution in [2.75, 3.05) is 0 Å². The molecule has 0 amide bonds. The lowest BCUT2D eigenvalue weighted by Gasteiger charge is -2.06. The summed E-state index contributed by atoms with van der Waals surface area (Å²) in [4.78, 5) is 0. The van der Waals surface area contributed by atoms with E-state index in [2.05, 4.69) is 6.92 Å². The van der Waals surface area contributed by atoms with Crippen LogP contribution in [0.4, 0.5) is 8.78 Å². The highest BCUT2D eigenvalue weighted by Crippen LogP contribution is 2.23. The molecule has 2 aromatic carbocycles. The molecule has 0 N–H and O–H groups in total.